The van der Waals surface area contributed by atoms with Gasteiger partial charge < -0.3 is 9.47 Å². The van der Waals surface area contributed by atoms with E-state index in [2.05, 4.69) is 4.74 Å². The van der Waals surface area contributed by atoms with E-state index in [1.54, 1.807) is 0 Å². The van der Waals surface area contributed by atoms with Crippen LogP contribution in [0.1, 0.15) is 36.6 Å². The van der Waals surface area contributed by atoms with E-state index in [1.807, 2.05) is 0 Å². The topological polar surface area (TPSA) is 35.5 Å². The lowest BCUT2D eigenvalue weighted by atomic mass is 10.0. The van der Waals surface area contributed by atoms with Crippen LogP contribution in [0.3, 0.4) is 0 Å². The highest BCUT2D eigenvalue weighted by Crippen LogP contribution is 2.38. The summed E-state index contributed by atoms with van der Waals surface area (Å²) in [5, 5.41) is 0. The Morgan fingerprint density at radius 2 is 1.48 bits per heavy atom. The van der Waals surface area contributed by atoms with Crippen molar-refractivity contribution in [2.75, 3.05) is 7.11 Å². The smallest absolute Gasteiger partial charge is 0.416 e. The number of halogens is 6. The van der Waals surface area contributed by atoms with Crippen molar-refractivity contribution in [1.29, 1.82) is 0 Å². The molecule has 0 aromatic heterocycles. The normalized spacial score (nSPS) is 15.2. The molecule has 140 valence electrons. The van der Waals surface area contributed by atoms with Crippen molar-refractivity contribution in [3.63, 3.8) is 0 Å². The summed E-state index contributed by atoms with van der Waals surface area (Å²) in [6.07, 6.45) is -9.33. The molecule has 0 saturated carbocycles. The second-order valence-electron chi connectivity index (χ2n) is 5.20. The minimum atomic E-state index is -4.92. The van der Waals surface area contributed by atoms with Gasteiger partial charge >= 0.3 is 18.3 Å². The van der Waals surface area contributed by atoms with Crippen LogP contribution in [-0.4, -0.2) is 19.2 Å². The number of benzene rings is 1. The molecule has 1 aromatic rings. The van der Waals surface area contributed by atoms with E-state index in [9.17, 15) is 31.1 Å². The second kappa shape index (κ2) is 7.90. The summed E-state index contributed by atoms with van der Waals surface area (Å²) in [6, 6.07) is 1.27. The first-order chi connectivity index (χ1) is 11.3. The first-order valence-electron chi connectivity index (χ1n) is 7.05. The number of methoxy groups -OCH3 is 1. The molecule has 9 heteroatoms. The van der Waals surface area contributed by atoms with Crippen LogP contribution in [0.15, 0.2) is 30.4 Å². The molecule has 0 N–H and O–H groups in total. The van der Waals surface area contributed by atoms with Gasteiger partial charge in [-0.25, -0.2) is 4.79 Å². The SMILES string of the molecule is COC(=O)/C=C/[C@H](C)O[C@@H](C)c1cc(C(F)(F)F)cc(C(F)(F)F)c1. The molecule has 0 radical (unpaired) electrons. The first-order valence-corrected chi connectivity index (χ1v) is 7.05. The average Bonchev–Trinajstić information content (AvgIpc) is 2.50. The summed E-state index contributed by atoms with van der Waals surface area (Å²) < 4.78 is 86.7. The molecule has 0 heterocycles. The van der Waals surface area contributed by atoms with Crippen LogP contribution >= 0.6 is 0 Å². The van der Waals surface area contributed by atoms with Gasteiger partial charge in [-0.05, 0) is 43.7 Å². The third-order valence-corrected chi connectivity index (χ3v) is 3.20. The summed E-state index contributed by atoms with van der Waals surface area (Å²) in [7, 11) is 1.15. The average molecular weight is 370 g/mol. The molecule has 0 unspecified atom stereocenters. The van der Waals surface area contributed by atoms with E-state index in [0.717, 1.165) is 13.2 Å². The van der Waals surface area contributed by atoms with E-state index in [4.69, 9.17) is 4.74 Å². The van der Waals surface area contributed by atoms with Crippen molar-refractivity contribution in [3.8, 4) is 0 Å². The number of carbonyl (C=O) groups excluding carboxylic acids is 1. The molecule has 1 aromatic carbocycles. The summed E-state index contributed by atoms with van der Waals surface area (Å²) in [4.78, 5) is 11.0. The Kier molecular flexibility index (Phi) is 6.64. The number of esters is 1. The molecular weight excluding hydrogens is 354 g/mol. The number of hydrogen-bond donors (Lipinski definition) is 0. The molecule has 25 heavy (non-hydrogen) atoms. The van der Waals surface area contributed by atoms with Gasteiger partial charge in [0.2, 0.25) is 0 Å². The fraction of sp³-hybridized carbons (Fsp3) is 0.438. The summed E-state index contributed by atoms with van der Waals surface area (Å²) in [6.45, 7) is 2.80. The third-order valence-electron chi connectivity index (χ3n) is 3.20. The molecular formula is C16H16F6O3. The largest absolute Gasteiger partial charge is 0.466 e. The highest BCUT2D eigenvalue weighted by atomic mass is 19.4. The Morgan fingerprint density at radius 3 is 1.88 bits per heavy atom. The quantitative estimate of drug-likeness (QED) is 0.419. The minimum Gasteiger partial charge on any atom is -0.466 e. The van der Waals surface area contributed by atoms with Gasteiger partial charge in [-0.1, -0.05) is 0 Å². The monoisotopic (exact) mass is 370 g/mol. The van der Waals surface area contributed by atoms with Gasteiger partial charge in [-0.3, -0.25) is 0 Å². The fourth-order valence-electron chi connectivity index (χ4n) is 1.94. The van der Waals surface area contributed by atoms with Crippen LogP contribution in [0.2, 0.25) is 0 Å². The van der Waals surface area contributed by atoms with Crippen LogP contribution in [0.25, 0.3) is 0 Å². The molecule has 0 saturated heterocycles. The third kappa shape index (κ3) is 6.41. The van der Waals surface area contributed by atoms with Gasteiger partial charge in [-0.15, -0.1) is 0 Å². The van der Waals surface area contributed by atoms with Gasteiger partial charge in [0.1, 0.15) is 0 Å². The van der Waals surface area contributed by atoms with Crippen LogP contribution in [0.5, 0.6) is 0 Å². The van der Waals surface area contributed by atoms with Crippen molar-refractivity contribution >= 4 is 5.97 Å². The molecule has 3 nitrogen and oxygen atoms in total. The Hall–Kier alpha value is -2.03. The highest BCUT2D eigenvalue weighted by molar-refractivity contribution is 5.81. The standard InChI is InChI=1S/C16H16F6O3/c1-9(4-5-14(23)24-3)25-10(2)11-6-12(15(17,18)19)8-13(7-11)16(20,21)22/h4-10H,1-3H3/b5-4+/t9-,10-/m0/s1. The van der Waals surface area contributed by atoms with Crippen LogP contribution < -0.4 is 0 Å². The number of alkyl halides is 6. The maximum absolute atomic E-state index is 12.8. The Balaban J connectivity index is 3.10. The van der Waals surface area contributed by atoms with Crippen LogP contribution in [-0.2, 0) is 26.6 Å². The Bertz CT molecular complexity index is 601. The molecule has 0 fully saturated rings. The molecule has 0 bridgehead atoms. The van der Waals surface area contributed by atoms with Crippen LogP contribution in [0, 0.1) is 0 Å². The van der Waals surface area contributed by atoms with Crippen molar-refractivity contribution in [1.82, 2.24) is 0 Å². The highest BCUT2D eigenvalue weighted by Gasteiger charge is 2.37. The van der Waals surface area contributed by atoms with E-state index >= 15 is 0 Å². The Morgan fingerprint density at radius 1 is 1.00 bits per heavy atom. The molecule has 2 atom stereocenters. The lowest BCUT2D eigenvalue weighted by Crippen LogP contribution is -2.15. The molecule has 0 aliphatic rings. The maximum atomic E-state index is 12.8. The van der Waals surface area contributed by atoms with E-state index < -0.39 is 41.7 Å². The number of ether oxygens (including phenoxy) is 2. The van der Waals surface area contributed by atoms with Gasteiger partial charge in [0.15, 0.2) is 0 Å². The molecule has 0 spiro atoms. The van der Waals surface area contributed by atoms with Gasteiger partial charge in [0, 0.05) is 6.08 Å². The van der Waals surface area contributed by atoms with Crippen LogP contribution in [0.4, 0.5) is 26.3 Å². The number of hydrogen-bond acceptors (Lipinski definition) is 3. The first kappa shape index (κ1) is 21.0. The van der Waals surface area contributed by atoms with Crippen molar-refractivity contribution in [3.05, 3.63) is 47.0 Å². The molecule has 0 amide bonds. The summed E-state index contributed by atoms with van der Waals surface area (Å²) >= 11 is 0. The van der Waals surface area contributed by atoms with E-state index in [0.29, 0.717) is 12.1 Å². The second-order valence-corrected chi connectivity index (χ2v) is 5.20. The predicted octanol–water partition coefficient (Wildman–Crippen LogP) is 4.92. The molecule has 0 aliphatic carbocycles. The summed E-state index contributed by atoms with van der Waals surface area (Å²) in [5.74, 6) is -0.665. The molecule has 0 aliphatic heterocycles. The zero-order valence-electron chi connectivity index (χ0n) is 13.5. The number of carbonyl (C=O) groups is 1. The number of rotatable bonds is 5. The lowest BCUT2D eigenvalue weighted by molar-refractivity contribution is -0.143. The maximum Gasteiger partial charge on any atom is 0.416 e. The fourth-order valence-corrected chi connectivity index (χ4v) is 1.94. The van der Waals surface area contributed by atoms with E-state index in [-0.39, 0.29) is 11.6 Å². The van der Waals surface area contributed by atoms with Gasteiger partial charge in [0.05, 0.1) is 30.4 Å². The Labute approximate surface area is 140 Å². The summed E-state index contributed by atoms with van der Waals surface area (Å²) in [5.41, 5.74) is -3.10. The lowest BCUT2D eigenvalue weighted by Gasteiger charge is -2.20. The predicted molar refractivity (Wildman–Crippen MR) is 76.6 cm³/mol. The molecule has 1 rings (SSSR count). The minimum absolute atomic E-state index is 0.0524. The van der Waals surface area contributed by atoms with Gasteiger partial charge in [-0.2, -0.15) is 26.3 Å². The van der Waals surface area contributed by atoms with Crippen molar-refractivity contribution in [2.45, 2.75) is 38.4 Å². The van der Waals surface area contributed by atoms with Crippen molar-refractivity contribution in [2.24, 2.45) is 0 Å². The zero-order valence-corrected chi connectivity index (χ0v) is 13.5. The van der Waals surface area contributed by atoms with Gasteiger partial charge in [0.25, 0.3) is 0 Å². The van der Waals surface area contributed by atoms with Crippen molar-refractivity contribution < 1.29 is 40.6 Å². The zero-order chi connectivity index (χ0) is 19.4. The van der Waals surface area contributed by atoms with E-state index in [1.165, 1.54) is 19.9 Å².